The molecular weight excluding hydrogens is 336 g/mol. The Bertz CT molecular complexity index is 615. The van der Waals surface area contributed by atoms with Crippen LogP contribution < -0.4 is 9.47 Å². The zero-order chi connectivity index (χ0) is 19.6. The van der Waals surface area contributed by atoms with E-state index in [0.29, 0.717) is 17.9 Å². The predicted molar refractivity (Wildman–Crippen MR) is 98.5 cm³/mol. The lowest BCUT2D eigenvalue weighted by Crippen LogP contribution is -2.15. The third-order valence-electron chi connectivity index (χ3n) is 3.45. The van der Waals surface area contributed by atoms with Crippen molar-refractivity contribution in [3.63, 3.8) is 0 Å². The molecule has 144 valence electrons. The van der Waals surface area contributed by atoms with Gasteiger partial charge in [-0.15, -0.1) is 0 Å². The van der Waals surface area contributed by atoms with Crippen molar-refractivity contribution in [2.45, 2.75) is 39.5 Å². The van der Waals surface area contributed by atoms with Gasteiger partial charge in [0, 0.05) is 12.5 Å². The highest BCUT2D eigenvalue weighted by Crippen LogP contribution is 2.33. The number of hydrogen-bond donors (Lipinski definition) is 0. The Labute approximate surface area is 155 Å². The van der Waals surface area contributed by atoms with E-state index in [1.165, 1.54) is 0 Å². The van der Waals surface area contributed by atoms with E-state index in [1.807, 2.05) is 18.2 Å². The molecule has 6 nitrogen and oxygen atoms in total. The number of esters is 2. The van der Waals surface area contributed by atoms with Crippen LogP contribution in [0.5, 0.6) is 11.5 Å². The van der Waals surface area contributed by atoms with E-state index >= 15 is 0 Å². The molecule has 0 amide bonds. The third-order valence-corrected chi connectivity index (χ3v) is 3.45. The van der Waals surface area contributed by atoms with Gasteiger partial charge in [0.05, 0.1) is 0 Å². The first-order valence-electron chi connectivity index (χ1n) is 8.63. The highest BCUT2D eigenvalue weighted by atomic mass is 16.6. The second kappa shape index (κ2) is 10.5. The molecule has 1 aromatic rings. The number of ether oxygens (including phenoxy) is 4. The maximum absolute atomic E-state index is 11.1. The summed E-state index contributed by atoms with van der Waals surface area (Å²) in [7, 11) is 0. The molecule has 0 spiro atoms. The summed E-state index contributed by atoms with van der Waals surface area (Å²) >= 11 is 0. The molecule has 0 radical (unpaired) electrons. The Morgan fingerprint density at radius 3 is 2.19 bits per heavy atom. The van der Waals surface area contributed by atoms with E-state index in [4.69, 9.17) is 18.9 Å². The maximum atomic E-state index is 11.1. The van der Waals surface area contributed by atoms with E-state index in [0.717, 1.165) is 11.6 Å². The first kappa shape index (κ1) is 21.5. The van der Waals surface area contributed by atoms with Gasteiger partial charge in [-0.2, -0.15) is 0 Å². The second-order valence-corrected chi connectivity index (χ2v) is 6.55. The molecule has 0 heterocycles. The minimum Gasteiger partial charge on any atom is -0.486 e. The third kappa shape index (κ3) is 7.59. The lowest BCUT2D eigenvalue weighted by Gasteiger charge is -2.21. The number of carbonyl (C=O) groups excluding carboxylic acids is 2. The molecule has 1 aromatic carbocycles. The van der Waals surface area contributed by atoms with Gasteiger partial charge in [-0.1, -0.05) is 40.3 Å². The topological polar surface area (TPSA) is 71.1 Å². The summed E-state index contributed by atoms with van der Waals surface area (Å²) in [4.78, 5) is 22.2. The van der Waals surface area contributed by atoms with Crippen molar-refractivity contribution in [3.05, 3.63) is 36.4 Å². The van der Waals surface area contributed by atoms with Gasteiger partial charge in [0.2, 0.25) is 0 Å². The van der Waals surface area contributed by atoms with Crippen LogP contribution in [-0.2, 0) is 24.5 Å². The van der Waals surface area contributed by atoms with Gasteiger partial charge in [-0.25, -0.2) is 4.79 Å². The first-order valence-corrected chi connectivity index (χ1v) is 8.63. The van der Waals surface area contributed by atoms with Gasteiger partial charge in [-0.05, 0) is 23.1 Å². The molecule has 0 bridgehead atoms. The van der Waals surface area contributed by atoms with Gasteiger partial charge >= 0.3 is 11.9 Å². The van der Waals surface area contributed by atoms with Crippen molar-refractivity contribution >= 4 is 11.9 Å². The summed E-state index contributed by atoms with van der Waals surface area (Å²) in [5.74, 6) is 0.331. The van der Waals surface area contributed by atoms with E-state index < -0.39 is 5.97 Å². The van der Waals surface area contributed by atoms with Gasteiger partial charge in [-0.3, -0.25) is 4.79 Å². The minimum atomic E-state index is -0.494. The number of carbonyl (C=O) groups is 2. The number of benzene rings is 1. The monoisotopic (exact) mass is 364 g/mol. The fourth-order valence-electron chi connectivity index (χ4n) is 1.97. The van der Waals surface area contributed by atoms with Crippen LogP contribution in [0.4, 0.5) is 0 Å². The Kier molecular flexibility index (Phi) is 8.68. The molecule has 0 aliphatic heterocycles. The zero-order valence-electron chi connectivity index (χ0n) is 16.0. The molecule has 0 unspecified atom stereocenters. The van der Waals surface area contributed by atoms with E-state index in [2.05, 4.69) is 27.4 Å². The molecule has 6 heteroatoms. The first-order chi connectivity index (χ1) is 12.3. The summed E-state index contributed by atoms with van der Waals surface area (Å²) in [5.41, 5.74) is 1.03. The van der Waals surface area contributed by atoms with Crippen LogP contribution >= 0.6 is 0 Å². The second-order valence-electron chi connectivity index (χ2n) is 6.55. The van der Waals surface area contributed by atoms with E-state index in [-0.39, 0.29) is 37.8 Å². The normalized spacial score (nSPS) is 10.8. The van der Waals surface area contributed by atoms with Crippen LogP contribution in [0.1, 0.15) is 39.7 Å². The van der Waals surface area contributed by atoms with Gasteiger partial charge in [0.1, 0.15) is 26.4 Å². The van der Waals surface area contributed by atoms with Crippen molar-refractivity contribution in [2.24, 2.45) is 0 Å². The minimum absolute atomic E-state index is 0.0530. The molecule has 1 rings (SSSR count). The number of hydrogen-bond acceptors (Lipinski definition) is 6. The molecule has 0 aliphatic carbocycles. The highest BCUT2D eigenvalue weighted by molar-refractivity contribution is 5.81. The zero-order valence-corrected chi connectivity index (χ0v) is 16.0. The van der Waals surface area contributed by atoms with Crippen LogP contribution in [0.3, 0.4) is 0 Å². The molecule has 0 saturated carbocycles. The molecule has 0 saturated heterocycles. The smallest absolute Gasteiger partial charge is 0.330 e. The summed E-state index contributed by atoms with van der Waals surface area (Å²) < 4.78 is 21.3. The Morgan fingerprint density at radius 1 is 1.00 bits per heavy atom. The molecule has 0 aromatic heterocycles. The fourth-order valence-corrected chi connectivity index (χ4v) is 1.97. The van der Waals surface area contributed by atoms with Crippen LogP contribution in [0.25, 0.3) is 0 Å². The Morgan fingerprint density at radius 2 is 1.62 bits per heavy atom. The molecule has 0 atom stereocenters. The largest absolute Gasteiger partial charge is 0.486 e. The summed E-state index contributed by atoms with van der Waals surface area (Å²) in [6.45, 7) is 12.1. The fraction of sp³-hybridized carbons (Fsp3) is 0.500. The molecule has 0 fully saturated rings. The van der Waals surface area contributed by atoms with Crippen LogP contribution in [0.2, 0.25) is 0 Å². The SMILES string of the molecule is C=CC(=O)OCCOc1cc(C(C)(C)C)ccc1OCCOC(=O)CC. The van der Waals surface area contributed by atoms with Crippen molar-refractivity contribution in [2.75, 3.05) is 26.4 Å². The molecule has 0 N–H and O–H groups in total. The van der Waals surface area contributed by atoms with Crippen molar-refractivity contribution < 1.29 is 28.5 Å². The van der Waals surface area contributed by atoms with Crippen molar-refractivity contribution in [3.8, 4) is 11.5 Å². The van der Waals surface area contributed by atoms with Gasteiger partial charge in [0.25, 0.3) is 0 Å². The van der Waals surface area contributed by atoms with E-state index in [9.17, 15) is 9.59 Å². The van der Waals surface area contributed by atoms with Gasteiger partial charge < -0.3 is 18.9 Å². The lowest BCUT2D eigenvalue weighted by atomic mass is 9.87. The standard InChI is InChI=1S/C20H28O6/c1-6-18(21)25-12-10-23-16-9-8-15(20(3,4)5)14-17(16)24-11-13-26-19(22)7-2/h7-9,14H,2,6,10-13H2,1,3-5H3. The number of rotatable bonds is 10. The summed E-state index contributed by atoms with van der Waals surface area (Å²) in [5, 5.41) is 0. The highest BCUT2D eigenvalue weighted by Gasteiger charge is 2.17. The van der Waals surface area contributed by atoms with E-state index in [1.54, 1.807) is 6.92 Å². The van der Waals surface area contributed by atoms with Gasteiger partial charge in [0.15, 0.2) is 11.5 Å². The van der Waals surface area contributed by atoms with Crippen LogP contribution in [0, 0.1) is 0 Å². The van der Waals surface area contributed by atoms with Crippen LogP contribution in [-0.4, -0.2) is 38.4 Å². The molecule has 26 heavy (non-hydrogen) atoms. The average molecular weight is 364 g/mol. The van der Waals surface area contributed by atoms with Crippen molar-refractivity contribution in [1.29, 1.82) is 0 Å². The molecular formula is C20H28O6. The lowest BCUT2D eigenvalue weighted by molar-refractivity contribution is -0.144. The Hall–Kier alpha value is -2.50. The summed E-state index contributed by atoms with van der Waals surface area (Å²) in [6, 6.07) is 5.70. The van der Waals surface area contributed by atoms with Crippen molar-refractivity contribution in [1.82, 2.24) is 0 Å². The Balaban J connectivity index is 2.72. The predicted octanol–water partition coefficient (Wildman–Crippen LogP) is 3.42. The summed E-state index contributed by atoms with van der Waals surface area (Å²) in [6.07, 6.45) is 1.43. The molecule has 0 aliphatic rings. The maximum Gasteiger partial charge on any atom is 0.330 e. The quantitative estimate of drug-likeness (QED) is 0.360. The van der Waals surface area contributed by atoms with Crippen LogP contribution in [0.15, 0.2) is 30.9 Å². The average Bonchev–Trinajstić information content (AvgIpc) is 2.61.